The average molecular weight is 384 g/mol. The van der Waals surface area contributed by atoms with E-state index in [2.05, 4.69) is 10.6 Å². The van der Waals surface area contributed by atoms with Crippen LogP contribution in [-0.2, 0) is 9.59 Å². The summed E-state index contributed by atoms with van der Waals surface area (Å²) in [6, 6.07) is 15.5. The Balaban J connectivity index is 1.83. The average Bonchev–Trinajstić information content (AvgIpc) is 2.67. The molecule has 4 N–H and O–H groups in total. The third-order valence-electron chi connectivity index (χ3n) is 4.24. The fraction of sp³-hybridized carbons (Fsp3) is 0.286. The van der Waals surface area contributed by atoms with Gasteiger partial charge in [0.1, 0.15) is 6.04 Å². The number of carboxylic acids is 2. The molecule has 0 aliphatic carbocycles. The van der Waals surface area contributed by atoms with E-state index in [4.69, 9.17) is 5.11 Å². The summed E-state index contributed by atoms with van der Waals surface area (Å²) in [6.07, 6.45) is 1.91. The van der Waals surface area contributed by atoms with Crippen LogP contribution >= 0.6 is 0 Å². The van der Waals surface area contributed by atoms with E-state index in [0.29, 0.717) is 24.9 Å². The van der Waals surface area contributed by atoms with Gasteiger partial charge in [-0.25, -0.2) is 9.59 Å². The van der Waals surface area contributed by atoms with E-state index in [1.54, 1.807) is 12.1 Å². The molecule has 0 radical (unpaired) electrons. The molecule has 0 aliphatic rings. The molecular formula is C21H24N2O5. The Morgan fingerprint density at radius 1 is 0.821 bits per heavy atom. The summed E-state index contributed by atoms with van der Waals surface area (Å²) in [5.41, 5.74) is 2.63. The van der Waals surface area contributed by atoms with Crippen molar-refractivity contribution in [3.8, 4) is 11.1 Å². The van der Waals surface area contributed by atoms with E-state index < -0.39 is 24.0 Å². The zero-order valence-electron chi connectivity index (χ0n) is 15.4. The van der Waals surface area contributed by atoms with E-state index in [1.807, 2.05) is 42.5 Å². The minimum absolute atomic E-state index is 0.0601. The van der Waals surface area contributed by atoms with Gasteiger partial charge in [-0.05, 0) is 36.1 Å². The number of benzene rings is 2. The third kappa shape index (κ3) is 7.11. The van der Waals surface area contributed by atoms with Crippen LogP contribution < -0.4 is 10.6 Å². The first-order valence-electron chi connectivity index (χ1n) is 9.13. The summed E-state index contributed by atoms with van der Waals surface area (Å²) in [5.74, 6) is -1.99. The van der Waals surface area contributed by atoms with Crippen LogP contribution in [0.4, 0.5) is 10.5 Å². The lowest BCUT2D eigenvalue weighted by atomic mass is 10.1. The number of urea groups is 1. The quantitative estimate of drug-likeness (QED) is 0.463. The lowest BCUT2D eigenvalue weighted by molar-refractivity contribution is -0.139. The lowest BCUT2D eigenvalue weighted by Gasteiger charge is -2.15. The first kappa shape index (κ1) is 21.0. The predicted octanol–water partition coefficient (Wildman–Crippen LogP) is 3.96. The zero-order valence-corrected chi connectivity index (χ0v) is 15.4. The second kappa shape index (κ2) is 10.7. The SMILES string of the molecule is O=C(O)CCCCCC(NC(=O)Nc1ccc(-c2ccccc2)cc1)C(=O)O. The molecular weight excluding hydrogens is 360 g/mol. The van der Waals surface area contributed by atoms with Gasteiger partial charge in [0.05, 0.1) is 0 Å². The van der Waals surface area contributed by atoms with Crippen molar-refractivity contribution in [1.29, 1.82) is 0 Å². The number of carboxylic acid groups (broad SMARTS) is 2. The van der Waals surface area contributed by atoms with E-state index >= 15 is 0 Å². The van der Waals surface area contributed by atoms with Crippen LogP contribution in [0, 0.1) is 0 Å². The monoisotopic (exact) mass is 384 g/mol. The second-order valence-electron chi connectivity index (χ2n) is 6.43. The third-order valence-corrected chi connectivity index (χ3v) is 4.24. The minimum Gasteiger partial charge on any atom is -0.481 e. The highest BCUT2D eigenvalue weighted by atomic mass is 16.4. The van der Waals surface area contributed by atoms with Crippen LogP contribution in [0.3, 0.4) is 0 Å². The Hall–Kier alpha value is -3.35. The first-order valence-corrected chi connectivity index (χ1v) is 9.13. The van der Waals surface area contributed by atoms with E-state index in [-0.39, 0.29) is 12.8 Å². The lowest BCUT2D eigenvalue weighted by Crippen LogP contribution is -2.42. The number of amides is 2. The molecule has 7 nitrogen and oxygen atoms in total. The van der Waals surface area contributed by atoms with Crippen molar-refractivity contribution in [1.82, 2.24) is 5.32 Å². The summed E-state index contributed by atoms with van der Waals surface area (Å²) in [6.45, 7) is 0. The fourth-order valence-electron chi connectivity index (χ4n) is 2.76. The predicted molar refractivity (Wildman–Crippen MR) is 106 cm³/mol. The second-order valence-corrected chi connectivity index (χ2v) is 6.43. The van der Waals surface area contributed by atoms with Crippen LogP contribution in [0.5, 0.6) is 0 Å². The van der Waals surface area contributed by atoms with Crippen molar-refractivity contribution < 1.29 is 24.6 Å². The van der Waals surface area contributed by atoms with Crippen LogP contribution in [0.15, 0.2) is 54.6 Å². The Morgan fingerprint density at radius 3 is 2.07 bits per heavy atom. The number of carbonyl (C=O) groups is 3. The molecule has 7 heteroatoms. The molecule has 0 saturated carbocycles. The Kier molecular flexibility index (Phi) is 8.02. The first-order chi connectivity index (χ1) is 13.5. The van der Waals surface area contributed by atoms with Crippen LogP contribution in [0.25, 0.3) is 11.1 Å². The van der Waals surface area contributed by atoms with Crippen molar-refractivity contribution >= 4 is 23.7 Å². The number of nitrogens with one attached hydrogen (secondary N) is 2. The molecule has 0 bridgehead atoms. The number of unbranched alkanes of at least 4 members (excludes halogenated alkanes) is 2. The van der Waals surface area contributed by atoms with Crippen LogP contribution in [0.1, 0.15) is 32.1 Å². The standard InChI is InChI=1S/C21H24N2O5/c24-19(25)10-6-2-5-9-18(20(26)27)23-21(28)22-17-13-11-16(12-14-17)15-7-3-1-4-8-15/h1,3-4,7-8,11-14,18H,2,5-6,9-10H2,(H,24,25)(H,26,27)(H2,22,23,28). The molecule has 0 heterocycles. The molecule has 0 spiro atoms. The number of aliphatic carboxylic acids is 2. The highest BCUT2D eigenvalue weighted by Gasteiger charge is 2.19. The number of hydrogen-bond acceptors (Lipinski definition) is 3. The molecule has 0 fully saturated rings. The van der Waals surface area contributed by atoms with Gasteiger partial charge < -0.3 is 20.8 Å². The highest BCUT2D eigenvalue weighted by molar-refractivity contribution is 5.92. The molecule has 148 valence electrons. The normalized spacial score (nSPS) is 11.4. The minimum atomic E-state index is -1.12. The maximum atomic E-state index is 12.1. The number of rotatable bonds is 10. The van der Waals surface area contributed by atoms with Gasteiger partial charge in [0.25, 0.3) is 0 Å². The van der Waals surface area contributed by atoms with Crippen LogP contribution in [-0.4, -0.2) is 34.2 Å². The van der Waals surface area contributed by atoms with Gasteiger partial charge in [0, 0.05) is 12.1 Å². The van der Waals surface area contributed by atoms with Gasteiger partial charge in [-0.1, -0.05) is 55.3 Å². The van der Waals surface area contributed by atoms with Gasteiger partial charge in [0.15, 0.2) is 0 Å². The Bertz CT molecular complexity index is 790. The van der Waals surface area contributed by atoms with Gasteiger partial charge >= 0.3 is 18.0 Å². The van der Waals surface area contributed by atoms with Crippen molar-refractivity contribution in [3.63, 3.8) is 0 Å². The number of anilines is 1. The van der Waals surface area contributed by atoms with E-state index in [0.717, 1.165) is 11.1 Å². The zero-order chi connectivity index (χ0) is 20.4. The summed E-state index contributed by atoms with van der Waals surface area (Å²) in [5, 5.41) is 22.9. The van der Waals surface area contributed by atoms with Gasteiger partial charge in [-0.15, -0.1) is 0 Å². The molecule has 2 aromatic carbocycles. The molecule has 0 saturated heterocycles. The van der Waals surface area contributed by atoms with Crippen molar-refractivity contribution in [3.05, 3.63) is 54.6 Å². The van der Waals surface area contributed by atoms with Crippen molar-refractivity contribution in [2.45, 2.75) is 38.1 Å². The maximum absolute atomic E-state index is 12.1. The van der Waals surface area contributed by atoms with Crippen molar-refractivity contribution in [2.24, 2.45) is 0 Å². The molecule has 0 aliphatic heterocycles. The van der Waals surface area contributed by atoms with Crippen LogP contribution in [0.2, 0.25) is 0 Å². The summed E-state index contributed by atoms with van der Waals surface area (Å²) >= 11 is 0. The smallest absolute Gasteiger partial charge is 0.326 e. The molecule has 2 rings (SSSR count). The van der Waals surface area contributed by atoms with E-state index in [1.165, 1.54) is 0 Å². The van der Waals surface area contributed by atoms with Gasteiger partial charge in [-0.2, -0.15) is 0 Å². The van der Waals surface area contributed by atoms with Crippen molar-refractivity contribution in [2.75, 3.05) is 5.32 Å². The fourth-order valence-corrected chi connectivity index (χ4v) is 2.76. The Morgan fingerprint density at radius 2 is 1.46 bits per heavy atom. The maximum Gasteiger partial charge on any atom is 0.326 e. The van der Waals surface area contributed by atoms with E-state index in [9.17, 15) is 19.5 Å². The molecule has 28 heavy (non-hydrogen) atoms. The number of carbonyl (C=O) groups excluding carboxylic acids is 1. The molecule has 2 aromatic rings. The molecule has 1 unspecified atom stereocenters. The van der Waals surface area contributed by atoms with Gasteiger partial charge in [-0.3, -0.25) is 4.79 Å². The molecule has 2 amide bonds. The summed E-state index contributed by atoms with van der Waals surface area (Å²) in [7, 11) is 0. The molecule has 0 aromatic heterocycles. The topological polar surface area (TPSA) is 116 Å². The molecule has 1 atom stereocenters. The highest BCUT2D eigenvalue weighted by Crippen LogP contribution is 2.21. The largest absolute Gasteiger partial charge is 0.481 e. The summed E-state index contributed by atoms with van der Waals surface area (Å²) in [4.78, 5) is 33.9. The Labute approximate surface area is 163 Å². The summed E-state index contributed by atoms with van der Waals surface area (Å²) < 4.78 is 0. The number of hydrogen-bond donors (Lipinski definition) is 4. The van der Waals surface area contributed by atoms with Gasteiger partial charge in [0.2, 0.25) is 0 Å².